The summed E-state index contributed by atoms with van der Waals surface area (Å²) in [5, 5.41) is 0.589. The molecule has 3 nitrogen and oxygen atoms in total. The number of aryl methyl sites for hydroxylation is 1. The van der Waals surface area contributed by atoms with Crippen LogP contribution >= 0.6 is 11.6 Å². The third kappa shape index (κ3) is 2.47. The van der Waals surface area contributed by atoms with Gasteiger partial charge in [-0.1, -0.05) is 18.5 Å². The largest absolute Gasteiger partial charge is 0.325 e. The fourth-order valence-electron chi connectivity index (χ4n) is 1.76. The lowest BCUT2D eigenvalue weighted by Crippen LogP contribution is -2.22. The van der Waals surface area contributed by atoms with Crippen molar-refractivity contribution in [1.29, 1.82) is 0 Å². The van der Waals surface area contributed by atoms with E-state index in [9.17, 15) is 0 Å². The Kier molecular flexibility index (Phi) is 2.94. The minimum Gasteiger partial charge on any atom is -0.325 e. The Bertz CT molecular complexity index is 361. The normalized spacial score (nSPS) is 17.8. The highest BCUT2D eigenvalue weighted by Gasteiger charge is 2.37. The van der Waals surface area contributed by atoms with Gasteiger partial charge in [0.15, 0.2) is 0 Å². The van der Waals surface area contributed by atoms with Crippen LogP contribution in [0.15, 0.2) is 6.33 Å². The smallest absolute Gasteiger partial charge is 0.135 e. The molecule has 0 spiro atoms. The molecule has 4 heteroatoms. The van der Waals surface area contributed by atoms with Gasteiger partial charge in [-0.3, -0.25) is 0 Å². The fraction of sp³-hybridized carbons (Fsp3) is 0.636. The molecule has 0 aromatic carbocycles. The Morgan fingerprint density at radius 1 is 1.47 bits per heavy atom. The predicted molar refractivity (Wildman–Crippen MR) is 60.9 cm³/mol. The molecule has 1 aliphatic carbocycles. The molecule has 1 heterocycles. The van der Waals surface area contributed by atoms with Crippen molar-refractivity contribution in [2.75, 3.05) is 0 Å². The van der Waals surface area contributed by atoms with Crippen molar-refractivity contribution < 1.29 is 0 Å². The second-order valence-corrected chi connectivity index (χ2v) is 4.66. The summed E-state index contributed by atoms with van der Waals surface area (Å²) in [6.45, 7) is 2.08. The van der Waals surface area contributed by atoms with Gasteiger partial charge in [0, 0.05) is 16.8 Å². The van der Waals surface area contributed by atoms with Gasteiger partial charge in [-0.25, -0.2) is 9.97 Å². The summed E-state index contributed by atoms with van der Waals surface area (Å²) in [4.78, 5) is 8.27. The summed E-state index contributed by atoms with van der Waals surface area (Å²) >= 11 is 6.07. The molecular formula is C11H16ClN3. The second kappa shape index (κ2) is 4.06. The molecular weight excluding hydrogens is 210 g/mol. The van der Waals surface area contributed by atoms with E-state index in [1.165, 1.54) is 6.33 Å². The second-order valence-electron chi connectivity index (χ2n) is 4.31. The number of hydrogen-bond donors (Lipinski definition) is 1. The van der Waals surface area contributed by atoms with Crippen LogP contribution in [0.5, 0.6) is 0 Å². The van der Waals surface area contributed by atoms with Gasteiger partial charge in [0.05, 0.1) is 0 Å². The molecule has 1 aliphatic rings. The Hall–Kier alpha value is -0.670. The standard InChI is InChI=1S/C11H16ClN3/c1-2-9-8(10(12)15-7-14-9)3-4-11(13)5-6-11/h7H,2-6,13H2,1H3. The van der Waals surface area contributed by atoms with Gasteiger partial charge >= 0.3 is 0 Å². The Labute approximate surface area is 95.1 Å². The minimum absolute atomic E-state index is 0.0736. The summed E-state index contributed by atoms with van der Waals surface area (Å²) in [5.41, 5.74) is 8.26. The molecule has 1 aromatic rings. The number of rotatable bonds is 4. The molecule has 15 heavy (non-hydrogen) atoms. The van der Waals surface area contributed by atoms with Crippen molar-refractivity contribution in [3.05, 3.63) is 22.7 Å². The van der Waals surface area contributed by atoms with Crippen LogP contribution in [-0.2, 0) is 12.8 Å². The molecule has 1 saturated carbocycles. The van der Waals surface area contributed by atoms with E-state index < -0.39 is 0 Å². The topological polar surface area (TPSA) is 51.8 Å². The summed E-state index contributed by atoms with van der Waals surface area (Å²) < 4.78 is 0. The number of hydrogen-bond acceptors (Lipinski definition) is 3. The number of nitrogens with two attached hydrogens (primary N) is 1. The van der Waals surface area contributed by atoms with E-state index in [1.807, 2.05) is 0 Å². The summed E-state index contributed by atoms with van der Waals surface area (Å²) in [6, 6.07) is 0. The van der Waals surface area contributed by atoms with Crippen molar-refractivity contribution in [1.82, 2.24) is 9.97 Å². The zero-order chi connectivity index (χ0) is 10.9. The third-order valence-electron chi connectivity index (χ3n) is 3.08. The van der Waals surface area contributed by atoms with Crippen molar-refractivity contribution in [3.63, 3.8) is 0 Å². The van der Waals surface area contributed by atoms with E-state index in [-0.39, 0.29) is 5.54 Å². The van der Waals surface area contributed by atoms with Crippen LogP contribution in [0.3, 0.4) is 0 Å². The van der Waals surface area contributed by atoms with Gasteiger partial charge in [-0.2, -0.15) is 0 Å². The average molecular weight is 226 g/mol. The predicted octanol–water partition coefficient (Wildman–Crippen LogP) is 2.12. The molecule has 1 fully saturated rings. The molecule has 82 valence electrons. The maximum Gasteiger partial charge on any atom is 0.135 e. The molecule has 0 aliphatic heterocycles. The van der Waals surface area contributed by atoms with Gasteiger partial charge < -0.3 is 5.73 Å². The summed E-state index contributed by atoms with van der Waals surface area (Å²) in [6.07, 6.45) is 6.60. The summed E-state index contributed by atoms with van der Waals surface area (Å²) in [7, 11) is 0. The van der Waals surface area contributed by atoms with E-state index in [2.05, 4.69) is 16.9 Å². The lowest BCUT2D eigenvalue weighted by Gasteiger charge is -2.11. The first-order valence-electron chi connectivity index (χ1n) is 5.42. The van der Waals surface area contributed by atoms with Crippen molar-refractivity contribution in [2.45, 2.75) is 44.6 Å². The molecule has 1 aromatic heterocycles. The molecule has 2 rings (SSSR count). The maximum atomic E-state index is 6.07. The van der Waals surface area contributed by atoms with E-state index >= 15 is 0 Å². The maximum absolute atomic E-state index is 6.07. The van der Waals surface area contributed by atoms with E-state index in [4.69, 9.17) is 17.3 Å². The summed E-state index contributed by atoms with van der Waals surface area (Å²) in [5.74, 6) is 0. The molecule has 0 radical (unpaired) electrons. The lowest BCUT2D eigenvalue weighted by atomic mass is 10.0. The third-order valence-corrected chi connectivity index (χ3v) is 3.41. The molecule has 0 amide bonds. The van der Waals surface area contributed by atoms with Crippen LogP contribution in [-0.4, -0.2) is 15.5 Å². The highest BCUT2D eigenvalue weighted by atomic mass is 35.5. The van der Waals surface area contributed by atoms with E-state index in [1.54, 1.807) is 0 Å². The first-order valence-corrected chi connectivity index (χ1v) is 5.79. The zero-order valence-electron chi connectivity index (χ0n) is 8.96. The lowest BCUT2D eigenvalue weighted by molar-refractivity contribution is 0.605. The van der Waals surface area contributed by atoms with Crippen LogP contribution in [0, 0.1) is 0 Å². The van der Waals surface area contributed by atoms with Crippen molar-refractivity contribution in [2.24, 2.45) is 5.73 Å². The minimum atomic E-state index is 0.0736. The molecule has 0 atom stereocenters. The van der Waals surface area contributed by atoms with Crippen molar-refractivity contribution in [3.8, 4) is 0 Å². The highest BCUT2D eigenvalue weighted by molar-refractivity contribution is 6.30. The zero-order valence-corrected chi connectivity index (χ0v) is 9.72. The average Bonchev–Trinajstić information content (AvgIpc) is 2.95. The molecule has 2 N–H and O–H groups in total. The van der Waals surface area contributed by atoms with Crippen LogP contribution in [0.1, 0.15) is 37.4 Å². The van der Waals surface area contributed by atoms with Gasteiger partial charge in [0.25, 0.3) is 0 Å². The quantitative estimate of drug-likeness (QED) is 0.799. The van der Waals surface area contributed by atoms with Gasteiger partial charge in [0.2, 0.25) is 0 Å². The van der Waals surface area contributed by atoms with E-state index in [0.717, 1.165) is 43.4 Å². The van der Waals surface area contributed by atoms with Gasteiger partial charge in [0.1, 0.15) is 11.5 Å². The van der Waals surface area contributed by atoms with Crippen molar-refractivity contribution >= 4 is 11.6 Å². The molecule has 0 unspecified atom stereocenters. The van der Waals surface area contributed by atoms with Crippen LogP contribution in [0.25, 0.3) is 0 Å². The first kappa shape index (κ1) is 10.8. The van der Waals surface area contributed by atoms with Gasteiger partial charge in [-0.15, -0.1) is 0 Å². The van der Waals surface area contributed by atoms with Crippen LogP contribution in [0.4, 0.5) is 0 Å². The monoisotopic (exact) mass is 225 g/mol. The van der Waals surface area contributed by atoms with Crippen LogP contribution < -0.4 is 5.73 Å². The number of halogens is 1. The molecule has 0 bridgehead atoms. The number of nitrogens with zero attached hydrogens (tertiary/aromatic N) is 2. The Balaban J connectivity index is 2.11. The highest BCUT2D eigenvalue weighted by Crippen LogP contribution is 2.37. The Morgan fingerprint density at radius 3 is 2.80 bits per heavy atom. The fourth-order valence-corrected chi connectivity index (χ4v) is 2.01. The van der Waals surface area contributed by atoms with E-state index in [0.29, 0.717) is 5.15 Å². The van der Waals surface area contributed by atoms with Crippen LogP contribution in [0.2, 0.25) is 5.15 Å². The molecule has 0 saturated heterocycles. The SMILES string of the molecule is CCc1ncnc(Cl)c1CCC1(N)CC1. The number of aromatic nitrogens is 2. The Morgan fingerprint density at radius 2 is 2.20 bits per heavy atom. The van der Waals surface area contributed by atoms with Gasteiger partial charge in [-0.05, 0) is 32.1 Å². The first-order chi connectivity index (χ1) is 7.14.